The second kappa shape index (κ2) is 10.1. The van der Waals surface area contributed by atoms with Crippen molar-refractivity contribution in [1.29, 1.82) is 0 Å². The molecule has 0 fully saturated rings. The van der Waals surface area contributed by atoms with Crippen LogP contribution in [-0.2, 0) is 6.42 Å². The second-order valence-electron chi connectivity index (χ2n) is 6.21. The van der Waals surface area contributed by atoms with Gasteiger partial charge in [-0.25, -0.2) is 0 Å². The number of hydrogen-bond acceptors (Lipinski definition) is 4. The zero-order valence-electron chi connectivity index (χ0n) is 15.0. The van der Waals surface area contributed by atoms with E-state index in [4.69, 9.17) is 9.47 Å². The molecular formula is C21H28O4. The molecular weight excluding hydrogens is 316 g/mol. The Hall–Kier alpha value is -2.04. The minimum absolute atomic E-state index is 0.323. The molecule has 0 radical (unpaired) electrons. The summed E-state index contributed by atoms with van der Waals surface area (Å²) in [5.74, 6) is 1.55. The smallest absolute Gasteiger partial charge is 0.119 e. The Bertz CT molecular complexity index is 551. The minimum Gasteiger partial charge on any atom is -0.491 e. The summed E-state index contributed by atoms with van der Waals surface area (Å²) in [7, 11) is 0. The van der Waals surface area contributed by atoms with Crippen LogP contribution < -0.4 is 9.47 Å². The van der Waals surface area contributed by atoms with E-state index in [2.05, 4.69) is 0 Å². The van der Waals surface area contributed by atoms with Gasteiger partial charge in [0.1, 0.15) is 24.7 Å². The lowest BCUT2D eigenvalue weighted by Crippen LogP contribution is -2.15. The Morgan fingerprint density at radius 3 is 1.36 bits per heavy atom. The van der Waals surface area contributed by atoms with Crippen molar-refractivity contribution in [2.45, 2.75) is 45.3 Å². The number of benzene rings is 2. The van der Waals surface area contributed by atoms with Gasteiger partial charge in [-0.3, -0.25) is 0 Å². The highest BCUT2D eigenvalue weighted by atomic mass is 16.5. The van der Waals surface area contributed by atoms with Crippen LogP contribution in [0.5, 0.6) is 11.5 Å². The second-order valence-corrected chi connectivity index (χ2v) is 6.21. The lowest BCUT2D eigenvalue weighted by molar-refractivity contribution is 0.104. The summed E-state index contributed by atoms with van der Waals surface area (Å²) in [6, 6.07) is 15.9. The number of hydrogen-bond donors (Lipinski definition) is 2. The number of aliphatic hydroxyl groups excluding tert-OH is 2. The van der Waals surface area contributed by atoms with Gasteiger partial charge < -0.3 is 19.7 Å². The molecule has 4 heteroatoms. The quantitative estimate of drug-likeness (QED) is 0.692. The molecule has 0 aliphatic carbocycles. The van der Waals surface area contributed by atoms with Gasteiger partial charge in [-0.05, 0) is 54.7 Å². The summed E-state index contributed by atoms with van der Waals surface area (Å²) >= 11 is 0. The molecule has 0 heterocycles. The third-order valence-corrected chi connectivity index (χ3v) is 4.08. The van der Waals surface area contributed by atoms with E-state index in [0.717, 1.165) is 17.9 Å². The van der Waals surface area contributed by atoms with E-state index >= 15 is 0 Å². The Balaban J connectivity index is 1.85. The van der Waals surface area contributed by atoms with Gasteiger partial charge in [0.05, 0.1) is 12.2 Å². The fraction of sp³-hybridized carbons (Fsp3) is 0.429. The van der Waals surface area contributed by atoms with Crippen molar-refractivity contribution in [3.05, 3.63) is 59.7 Å². The van der Waals surface area contributed by atoms with Crippen LogP contribution in [-0.4, -0.2) is 35.6 Å². The Morgan fingerprint density at radius 2 is 1.04 bits per heavy atom. The summed E-state index contributed by atoms with van der Waals surface area (Å²) in [5.41, 5.74) is 2.39. The molecule has 0 amide bonds. The largest absolute Gasteiger partial charge is 0.491 e. The highest BCUT2D eigenvalue weighted by molar-refractivity contribution is 5.34. The van der Waals surface area contributed by atoms with Crippen molar-refractivity contribution in [1.82, 2.24) is 0 Å². The van der Waals surface area contributed by atoms with Crippen molar-refractivity contribution in [2.75, 3.05) is 13.2 Å². The first-order valence-electron chi connectivity index (χ1n) is 8.90. The van der Waals surface area contributed by atoms with Crippen molar-refractivity contribution >= 4 is 0 Å². The van der Waals surface area contributed by atoms with Crippen LogP contribution >= 0.6 is 0 Å². The molecule has 4 nitrogen and oxygen atoms in total. The fourth-order valence-electron chi connectivity index (χ4n) is 2.26. The van der Waals surface area contributed by atoms with Crippen LogP contribution in [0.4, 0.5) is 0 Å². The highest BCUT2D eigenvalue weighted by Gasteiger charge is 2.04. The Labute approximate surface area is 150 Å². The van der Waals surface area contributed by atoms with Gasteiger partial charge in [-0.1, -0.05) is 38.1 Å². The average Bonchev–Trinajstić information content (AvgIpc) is 2.66. The maximum absolute atomic E-state index is 9.52. The predicted octanol–water partition coefficient (Wildman–Crippen LogP) is 3.58. The van der Waals surface area contributed by atoms with E-state index in [1.165, 1.54) is 11.1 Å². The van der Waals surface area contributed by atoms with E-state index in [-0.39, 0.29) is 0 Å². The third-order valence-electron chi connectivity index (χ3n) is 4.08. The highest BCUT2D eigenvalue weighted by Crippen LogP contribution is 2.18. The van der Waals surface area contributed by atoms with Crippen LogP contribution in [0.2, 0.25) is 0 Å². The Kier molecular flexibility index (Phi) is 7.76. The minimum atomic E-state index is -0.418. The maximum Gasteiger partial charge on any atom is 0.119 e. The van der Waals surface area contributed by atoms with Crippen molar-refractivity contribution in [2.24, 2.45) is 0 Å². The Morgan fingerprint density at radius 1 is 0.680 bits per heavy atom. The van der Waals surface area contributed by atoms with Gasteiger partial charge in [0, 0.05) is 0 Å². The maximum atomic E-state index is 9.52. The van der Waals surface area contributed by atoms with Gasteiger partial charge in [0.15, 0.2) is 0 Å². The lowest BCUT2D eigenvalue weighted by Gasteiger charge is -2.11. The molecule has 25 heavy (non-hydrogen) atoms. The summed E-state index contributed by atoms with van der Waals surface area (Å²) in [6.45, 7) is 4.51. The molecule has 0 aliphatic heterocycles. The normalized spacial score (nSPS) is 13.3. The lowest BCUT2D eigenvalue weighted by atomic mass is 10.0. The van der Waals surface area contributed by atoms with Gasteiger partial charge in [0.25, 0.3) is 0 Å². The van der Waals surface area contributed by atoms with Crippen LogP contribution in [0.3, 0.4) is 0 Å². The van der Waals surface area contributed by atoms with E-state index in [0.29, 0.717) is 26.1 Å². The van der Waals surface area contributed by atoms with Crippen LogP contribution in [0.1, 0.15) is 37.8 Å². The molecule has 2 aromatic carbocycles. The molecule has 0 bridgehead atoms. The number of ether oxygens (including phenoxy) is 2. The van der Waals surface area contributed by atoms with Gasteiger partial charge in [-0.15, -0.1) is 0 Å². The zero-order chi connectivity index (χ0) is 18.1. The molecule has 0 spiro atoms. The van der Waals surface area contributed by atoms with Crippen molar-refractivity contribution < 1.29 is 19.7 Å². The zero-order valence-corrected chi connectivity index (χ0v) is 15.0. The summed E-state index contributed by atoms with van der Waals surface area (Å²) in [5, 5.41) is 19.0. The van der Waals surface area contributed by atoms with Gasteiger partial charge >= 0.3 is 0 Å². The average molecular weight is 344 g/mol. The van der Waals surface area contributed by atoms with Crippen molar-refractivity contribution in [3.8, 4) is 11.5 Å². The molecule has 136 valence electrons. The molecule has 2 N–H and O–H groups in total. The molecule has 0 aliphatic rings. The van der Waals surface area contributed by atoms with Gasteiger partial charge in [-0.2, -0.15) is 0 Å². The first kappa shape index (κ1) is 19.3. The van der Waals surface area contributed by atoms with Crippen LogP contribution in [0.25, 0.3) is 0 Å². The number of rotatable bonds is 10. The van der Waals surface area contributed by atoms with Crippen LogP contribution in [0, 0.1) is 0 Å². The SMILES string of the molecule is CCC(O)COc1ccc(Cc2ccc(OCC(O)CC)cc2)cc1. The first-order valence-corrected chi connectivity index (χ1v) is 8.90. The van der Waals surface area contributed by atoms with E-state index in [9.17, 15) is 10.2 Å². The molecule has 2 atom stereocenters. The molecule has 0 aromatic heterocycles. The van der Waals surface area contributed by atoms with E-state index in [1.807, 2.05) is 62.4 Å². The molecule has 2 unspecified atom stereocenters. The molecule has 2 rings (SSSR count). The third kappa shape index (κ3) is 6.77. The van der Waals surface area contributed by atoms with E-state index < -0.39 is 12.2 Å². The predicted molar refractivity (Wildman–Crippen MR) is 99.3 cm³/mol. The van der Waals surface area contributed by atoms with E-state index in [1.54, 1.807) is 0 Å². The van der Waals surface area contributed by atoms with Gasteiger partial charge in [0.2, 0.25) is 0 Å². The molecule has 0 saturated carbocycles. The fourth-order valence-corrected chi connectivity index (χ4v) is 2.26. The standard InChI is InChI=1S/C21H28O4/c1-3-18(22)14-24-20-9-5-16(6-10-20)13-17-7-11-21(12-8-17)25-15-19(23)4-2/h5-12,18-19,22-23H,3-4,13-15H2,1-2H3. The van der Waals surface area contributed by atoms with Crippen molar-refractivity contribution in [3.63, 3.8) is 0 Å². The topological polar surface area (TPSA) is 58.9 Å². The summed E-state index contributed by atoms with van der Waals surface area (Å²) in [4.78, 5) is 0. The molecule has 0 saturated heterocycles. The summed E-state index contributed by atoms with van der Waals surface area (Å²) < 4.78 is 11.1. The number of aliphatic hydroxyl groups is 2. The molecule has 2 aromatic rings. The first-order chi connectivity index (χ1) is 12.1. The summed E-state index contributed by atoms with van der Waals surface area (Å²) in [6.07, 6.45) is 1.37. The monoisotopic (exact) mass is 344 g/mol. The van der Waals surface area contributed by atoms with Crippen LogP contribution in [0.15, 0.2) is 48.5 Å².